The van der Waals surface area contributed by atoms with E-state index in [1.165, 1.54) is 18.5 Å². The first-order chi connectivity index (χ1) is 12.7. The van der Waals surface area contributed by atoms with Crippen molar-refractivity contribution in [1.82, 2.24) is 19.8 Å². The van der Waals surface area contributed by atoms with Gasteiger partial charge in [0.05, 0.1) is 19.7 Å². The second-order valence-corrected chi connectivity index (χ2v) is 6.89. The first-order valence-electron chi connectivity index (χ1n) is 9.33. The summed E-state index contributed by atoms with van der Waals surface area (Å²) in [6.45, 7) is 5.11. The lowest BCUT2D eigenvalue weighted by molar-refractivity contribution is 0.288. The lowest BCUT2D eigenvalue weighted by Gasteiger charge is -2.22. The van der Waals surface area contributed by atoms with Crippen molar-refractivity contribution in [2.24, 2.45) is 18.0 Å². The van der Waals surface area contributed by atoms with Crippen LogP contribution >= 0.6 is 24.0 Å². The predicted molar refractivity (Wildman–Crippen MR) is 120 cm³/mol. The molecule has 0 aliphatic heterocycles. The molecule has 1 saturated carbocycles. The van der Waals surface area contributed by atoms with Gasteiger partial charge in [0.2, 0.25) is 5.88 Å². The van der Waals surface area contributed by atoms with Crippen LogP contribution in [0.5, 0.6) is 5.88 Å². The number of aryl methyl sites for hydroxylation is 1. The minimum atomic E-state index is 0. The Morgan fingerprint density at radius 3 is 2.89 bits per heavy atom. The van der Waals surface area contributed by atoms with Crippen molar-refractivity contribution in [2.75, 3.05) is 20.2 Å². The van der Waals surface area contributed by atoms with E-state index < -0.39 is 0 Å². The number of hydrogen-bond acceptors (Lipinski definition) is 3. The number of aliphatic imine (C=N–C) groups is 1. The SMILES string of the molecule is CCNC(=NCc1ccnc(OCC2CC2)c1)N(C)Cc1cccn1C.I. The first-order valence-corrected chi connectivity index (χ1v) is 9.33. The van der Waals surface area contributed by atoms with Gasteiger partial charge in [0, 0.05) is 44.8 Å². The van der Waals surface area contributed by atoms with Crippen LogP contribution in [0.1, 0.15) is 31.0 Å². The molecule has 1 fully saturated rings. The van der Waals surface area contributed by atoms with Crippen LogP contribution in [-0.2, 0) is 20.1 Å². The maximum absolute atomic E-state index is 5.77. The number of ether oxygens (including phenoxy) is 1. The highest BCUT2D eigenvalue weighted by atomic mass is 127. The minimum Gasteiger partial charge on any atom is -0.477 e. The molecule has 0 atom stereocenters. The van der Waals surface area contributed by atoms with Gasteiger partial charge in [-0.05, 0) is 49.4 Å². The molecule has 27 heavy (non-hydrogen) atoms. The van der Waals surface area contributed by atoms with E-state index in [4.69, 9.17) is 9.73 Å². The van der Waals surface area contributed by atoms with Crippen molar-refractivity contribution >= 4 is 29.9 Å². The normalized spacial score (nSPS) is 13.8. The number of nitrogens with one attached hydrogen (secondary N) is 1. The highest BCUT2D eigenvalue weighted by Gasteiger charge is 2.22. The number of guanidine groups is 1. The van der Waals surface area contributed by atoms with E-state index in [2.05, 4.69) is 59.1 Å². The maximum Gasteiger partial charge on any atom is 0.213 e. The monoisotopic (exact) mass is 483 g/mol. The zero-order valence-corrected chi connectivity index (χ0v) is 18.7. The smallest absolute Gasteiger partial charge is 0.213 e. The maximum atomic E-state index is 5.77. The van der Waals surface area contributed by atoms with Crippen molar-refractivity contribution in [2.45, 2.75) is 32.9 Å². The van der Waals surface area contributed by atoms with Crippen LogP contribution in [0.15, 0.2) is 41.7 Å². The summed E-state index contributed by atoms with van der Waals surface area (Å²) in [6, 6.07) is 8.18. The fraction of sp³-hybridized carbons (Fsp3) is 0.500. The van der Waals surface area contributed by atoms with E-state index >= 15 is 0 Å². The zero-order valence-electron chi connectivity index (χ0n) is 16.4. The minimum absolute atomic E-state index is 0. The molecule has 0 aromatic carbocycles. The molecule has 2 aromatic heterocycles. The third-order valence-corrected chi connectivity index (χ3v) is 4.52. The molecule has 1 N–H and O–H groups in total. The fourth-order valence-electron chi connectivity index (χ4n) is 2.73. The van der Waals surface area contributed by atoms with Crippen LogP contribution < -0.4 is 10.1 Å². The average Bonchev–Trinajstić information content (AvgIpc) is 3.39. The van der Waals surface area contributed by atoms with Gasteiger partial charge in [0.25, 0.3) is 0 Å². The quantitative estimate of drug-likeness (QED) is 0.355. The highest BCUT2D eigenvalue weighted by Crippen LogP contribution is 2.29. The molecule has 0 bridgehead atoms. The number of halogens is 1. The molecule has 0 spiro atoms. The Kier molecular flexibility index (Phi) is 8.40. The van der Waals surface area contributed by atoms with Gasteiger partial charge in [-0.3, -0.25) is 0 Å². The van der Waals surface area contributed by atoms with Gasteiger partial charge >= 0.3 is 0 Å². The summed E-state index contributed by atoms with van der Waals surface area (Å²) < 4.78 is 7.90. The van der Waals surface area contributed by atoms with Crippen molar-refractivity contribution in [1.29, 1.82) is 0 Å². The largest absolute Gasteiger partial charge is 0.477 e. The summed E-state index contributed by atoms with van der Waals surface area (Å²) in [5.74, 6) is 2.32. The van der Waals surface area contributed by atoms with Gasteiger partial charge in [-0.1, -0.05) is 0 Å². The van der Waals surface area contributed by atoms with E-state index in [9.17, 15) is 0 Å². The molecule has 0 radical (unpaired) electrons. The van der Waals surface area contributed by atoms with Gasteiger partial charge in [-0.15, -0.1) is 24.0 Å². The average molecular weight is 483 g/mol. The summed E-state index contributed by atoms with van der Waals surface area (Å²) in [7, 11) is 4.12. The number of rotatable bonds is 8. The Labute approximate surface area is 179 Å². The Morgan fingerprint density at radius 1 is 1.41 bits per heavy atom. The Balaban J connectivity index is 0.00000261. The molecule has 1 aliphatic carbocycles. The molecule has 6 nitrogen and oxygen atoms in total. The van der Waals surface area contributed by atoms with Gasteiger partial charge in [-0.2, -0.15) is 0 Å². The molecule has 1 aliphatic rings. The number of pyridine rings is 1. The van der Waals surface area contributed by atoms with Crippen LogP contribution in [0.2, 0.25) is 0 Å². The van der Waals surface area contributed by atoms with Crippen molar-refractivity contribution in [3.05, 3.63) is 47.9 Å². The molecule has 3 rings (SSSR count). The van der Waals surface area contributed by atoms with Crippen LogP contribution in [-0.4, -0.2) is 40.6 Å². The molecular formula is C20H30IN5O. The zero-order chi connectivity index (χ0) is 18.4. The standard InChI is InChI=1S/C20H29N5O.HI/c1-4-21-20(25(3)14-18-6-5-11-24(18)2)23-13-17-9-10-22-19(12-17)26-15-16-7-8-16;/h5-6,9-12,16H,4,7-8,13-15H2,1-3H3,(H,21,23);1H. The van der Waals surface area contributed by atoms with E-state index in [0.717, 1.165) is 37.1 Å². The molecule has 2 aromatic rings. The molecule has 0 unspecified atom stereocenters. The van der Waals surface area contributed by atoms with Crippen LogP contribution in [0, 0.1) is 5.92 Å². The molecular weight excluding hydrogens is 453 g/mol. The second kappa shape index (κ2) is 10.5. The molecule has 7 heteroatoms. The summed E-state index contributed by atoms with van der Waals surface area (Å²) in [6.07, 6.45) is 6.42. The van der Waals surface area contributed by atoms with Crippen LogP contribution in [0.4, 0.5) is 0 Å². The van der Waals surface area contributed by atoms with E-state index in [-0.39, 0.29) is 24.0 Å². The highest BCUT2D eigenvalue weighted by molar-refractivity contribution is 14.0. The summed E-state index contributed by atoms with van der Waals surface area (Å²) in [5.41, 5.74) is 2.35. The fourth-order valence-corrected chi connectivity index (χ4v) is 2.73. The van der Waals surface area contributed by atoms with Crippen molar-refractivity contribution in [3.63, 3.8) is 0 Å². The first kappa shape index (κ1) is 21.5. The third-order valence-electron chi connectivity index (χ3n) is 4.52. The summed E-state index contributed by atoms with van der Waals surface area (Å²) in [4.78, 5) is 11.2. The van der Waals surface area contributed by atoms with E-state index in [0.29, 0.717) is 12.4 Å². The topological polar surface area (TPSA) is 54.7 Å². The van der Waals surface area contributed by atoms with Gasteiger partial charge in [0.15, 0.2) is 5.96 Å². The van der Waals surface area contributed by atoms with E-state index in [1.807, 2.05) is 12.1 Å². The van der Waals surface area contributed by atoms with Gasteiger partial charge in [-0.25, -0.2) is 9.98 Å². The Morgan fingerprint density at radius 2 is 2.22 bits per heavy atom. The lowest BCUT2D eigenvalue weighted by Crippen LogP contribution is -2.38. The molecule has 148 valence electrons. The number of nitrogens with zero attached hydrogens (tertiary/aromatic N) is 4. The molecule has 2 heterocycles. The van der Waals surface area contributed by atoms with E-state index in [1.54, 1.807) is 6.20 Å². The third kappa shape index (κ3) is 6.71. The van der Waals surface area contributed by atoms with Crippen LogP contribution in [0.3, 0.4) is 0 Å². The Bertz CT molecular complexity index is 741. The van der Waals surface area contributed by atoms with Crippen molar-refractivity contribution < 1.29 is 4.74 Å². The second-order valence-electron chi connectivity index (χ2n) is 6.89. The van der Waals surface area contributed by atoms with Gasteiger partial charge < -0.3 is 19.5 Å². The summed E-state index contributed by atoms with van der Waals surface area (Å²) >= 11 is 0. The number of aromatic nitrogens is 2. The predicted octanol–water partition coefficient (Wildman–Crippen LogP) is 3.42. The molecule has 0 amide bonds. The Hall–Kier alpha value is -1.77. The van der Waals surface area contributed by atoms with Gasteiger partial charge in [0.1, 0.15) is 0 Å². The lowest BCUT2D eigenvalue weighted by atomic mass is 10.3. The summed E-state index contributed by atoms with van der Waals surface area (Å²) in [5, 5.41) is 3.37. The molecule has 0 saturated heterocycles. The number of hydrogen-bond donors (Lipinski definition) is 1. The van der Waals surface area contributed by atoms with Crippen LogP contribution in [0.25, 0.3) is 0 Å². The van der Waals surface area contributed by atoms with Crippen molar-refractivity contribution in [3.8, 4) is 5.88 Å².